The third-order valence-electron chi connectivity index (χ3n) is 5.16. The van der Waals surface area contributed by atoms with Gasteiger partial charge in [0.1, 0.15) is 0 Å². The molecule has 6 nitrogen and oxygen atoms in total. The minimum atomic E-state index is -2.70. The summed E-state index contributed by atoms with van der Waals surface area (Å²) in [7, 11) is 9.17. The molecule has 0 aliphatic rings. The minimum Gasteiger partial charge on any atom is -0.377 e. The van der Waals surface area contributed by atoms with Gasteiger partial charge in [0.25, 0.3) is 0 Å². The van der Waals surface area contributed by atoms with Crippen LogP contribution >= 0.6 is 0 Å². The highest BCUT2D eigenvalue weighted by molar-refractivity contribution is 6.60. The molecule has 0 N–H and O–H groups in total. The van der Waals surface area contributed by atoms with Crippen molar-refractivity contribution < 1.29 is 13.3 Å². The van der Waals surface area contributed by atoms with Crippen molar-refractivity contribution >= 4 is 8.80 Å². The SMILES string of the molecule is CCCN(C)CC(CN(C)CCC)(CN(C)CCC)C[Si](OC)(OC)OC. The third kappa shape index (κ3) is 9.83. The van der Waals surface area contributed by atoms with Crippen LogP contribution in [0.4, 0.5) is 0 Å². The smallest absolute Gasteiger partial charge is 0.377 e. The first-order valence-corrected chi connectivity index (χ1v) is 12.4. The molecule has 0 saturated carbocycles. The quantitative estimate of drug-likeness (QED) is 0.346. The van der Waals surface area contributed by atoms with E-state index in [1.165, 1.54) is 0 Å². The fraction of sp³-hybridized carbons (Fsp3) is 1.00. The Morgan fingerprint density at radius 1 is 0.630 bits per heavy atom. The fourth-order valence-corrected chi connectivity index (χ4v) is 6.53. The average Bonchev–Trinajstić information content (AvgIpc) is 2.60. The monoisotopic (exact) mass is 405 g/mol. The van der Waals surface area contributed by atoms with Crippen molar-refractivity contribution in [3.8, 4) is 0 Å². The fourth-order valence-electron chi connectivity index (χ4n) is 4.34. The summed E-state index contributed by atoms with van der Waals surface area (Å²) in [5.74, 6) is 0. The van der Waals surface area contributed by atoms with Crippen LogP contribution in [0.25, 0.3) is 0 Å². The van der Waals surface area contributed by atoms with Gasteiger partial charge in [0, 0.05) is 52.4 Å². The van der Waals surface area contributed by atoms with Crippen LogP contribution in [0.5, 0.6) is 0 Å². The van der Waals surface area contributed by atoms with Gasteiger partial charge in [-0.05, 0) is 60.0 Å². The van der Waals surface area contributed by atoms with Crippen LogP contribution in [-0.4, -0.2) is 105 Å². The van der Waals surface area contributed by atoms with Crippen LogP contribution < -0.4 is 0 Å². The van der Waals surface area contributed by atoms with E-state index in [0.717, 1.165) is 64.6 Å². The second-order valence-corrected chi connectivity index (χ2v) is 11.1. The minimum absolute atomic E-state index is 0.0199. The van der Waals surface area contributed by atoms with Gasteiger partial charge in [-0.25, -0.2) is 0 Å². The molecule has 27 heavy (non-hydrogen) atoms. The van der Waals surface area contributed by atoms with Crippen LogP contribution in [0.2, 0.25) is 6.04 Å². The molecule has 0 fully saturated rings. The Hall–Kier alpha value is -0.0231. The molecule has 0 aliphatic heterocycles. The first kappa shape index (κ1) is 27.0. The molecule has 0 saturated heterocycles. The van der Waals surface area contributed by atoms with Crippen LogP contribution in [0.3, 0.4) is 0 Å². The van der Waals surface area contributed by atoms with Crippen molar-refractivity contribution in [3.05, 3.63) is 0 Å². The Labute approximate surface area is 170 Å². The Balaban J connectivity index is 5.84. The summed E-state index contributed by atoms with van der Waals surface area (Å²) in [4.78, 5) is 7.37. The molecule has 0 aliphatic carbocycles. The van der Waals surface area contributed by atoms with Gasteiger partial charge >= 0.3 is 8.80 Å². The second kappa shape index (κ2) is 14.0. The van der Waals surface area contributed by atoms with Gasteiger partial charge in [-0.3, -0.25) is 0 Å². The molecule has 0 bridgehead atoms. The lowest BCUT2D eigenvalue weighted by Gasteiger charge is -2.45. The summed E-state index contributed by atoms with van der Waals surface area (Å²) in [6.07, 6.45) is 3.47. The number of hydrogen-bond acceptors (Lipinski definition) is 6. The average molecular weight is 406 g/mol. The highest BCUT2D eigenvalue weighted by atomic mass is 28.4. The summed E-state index contributed by atoms with van der Waals surface area (Å²) in [5.41, 5.74) is 0.0199. The van der Waals surface area contributed by atoms with E-state index in [2.05, 4.69) is 56.6 Å². The predicted molar refractivity (Wildman–Crippen MR) is 117 cm³/mol. The zero-order chi connectivity index (χ0) is 20.9. The summed E-state index contributed by atoms with van der Waals surface area (Å²) in [5, 5.41) is 0. The van der Waals surface area contributed by atoms with Crippen LogP contribution in [0, 0.1) is 5.41 Å². The van der Waals surface area contributed by atoms with E-state index in [9.17, 15) is 0 Å². The second-order valence-electron chi connectivity index (χ2n) is 8.19. The lowest BCUT2D eigenvalue weighted by Crippen LogP contribution is -2.57. The number of rotatable bonds is 17. The molecule has 164 valence electrons. The molecule has 7 heteroatoms. The third-order valence-corrected chi connectivity index (χ3v) is 8.21. The molecule has 0 spiro atoms. The highest BCUT2D eigenvalue weighted by Gasteiger charge is 2.48. The first-order valence-electron chi connectivity index (χ1n) is 10.5. The summed E-state index contributed by atoms with van der Waals surface area (Å²) in [6, 6.07) is 0.819. The highest BCUT2D eigenvalue weighted by Crippen LogP contribution is 2.34. The topological polar surface area (TPSA) is 37.4 Å². The molecule has 0 aromatic heterocycles. The summed E-state index contributed by atoms with van der Waals surface area (Å²) in [6.45, 7) is 13.0. The molecule has 0 rings (SSSR count). The molecule has 0 aromatic carbocycles. The van der Waals surface area contributed by atoms with E-state index >= 15 is 0 Å². The number of nitrogens with zero attached hydrogens (tertiary/aromatic N) is 3. The first-order chi connectivity index (χ1) is 12.8. The molecular weight excluding hydrogens is 358 g/mol. The molecule has 0 heterocycles. The zero-order valence-electron chi connectivity index (χ0n) is 19.6. The normalized spacial score (nSPS) is 13.3. The molecule has 0 amide bonds. The summed E-state index contributed by atoms with van der Waals surface area (Å²) < 4.78 is 17.6. The maximum atomic E-state index is 5.86. The van der Waals surface area contributed by atoms with Crippen molar-refractivity contribution in [1.29, 1.82) is 0 Å². The lowest BCUT2D eigenvalue weighted by atomic mass is 9.87. The van der Waals surface area contributed by atoms with Crippen LogP contribution in [0.1, 0.15) is 40.0 Å². The van der Waals surface area contributed by atoms with Crippen LogP contribution in [-0.2, 0) is 13.3 Å². The van der Waals surface area contributed by atoms with Gasteiger partial charge in [-0.15, -0.1) is 0 Å². The van der Waals surface area contributed by atoms with E-state index in [1.807, 2.05) is 0 Å². The van der Waals surface area contributed by atoms with Gasteiger partial charge in [0.15, 0.2) is 0 Å². The maximum absolute atomic E-state index is 5.86. The van der Waals surface area contributed by atoms with E-state index < -0.39 is 8.80 Å². The molecule has 0 aromatic rings. The van der Waals surface area contributed by atoms with Crippen molar-refractivity contribution in [2.45, 2.75) is 46.1 Å². The predicted octanol–water partition coefficient (Wildman–Crippen LogP) is 2.88. The lowest BCUT2D eigenvalue weighted by molar-refractivity contribution is 0.0569. The van der Waals surface area contributed by atoms with Gasteiger partial charge < -0.3 is 28.0 Å². The van der Waals surface area contributed by atoms with E-state index in [1.54, 1.807) is 21.3 Å². The molecule has 0 radical (unpaired) electrons. The standard InChI is InChI=1S/C20H47N3O3Si/c1-10-13-21(4)16-20(17-22(5)14-11-2,18-23(6)15-12-3)19-27(24-7,25-8)26-9/h10-19H2,1-9H3. The van der Waals surface area contributed by atoms with Crippen molar-refractivity contribution in [2.24, 2.45) is 5.41 Å². The van der Waals surface area contributed by atoms with Gasteiger partial charge in [0.05, 0.1) is 0 Å². The zero-order valence-corrected chi connectivity index (χ0v) is 20.6. The van der Waals surface area contributed by atoms with E-state index in [4.69, 9.17) is 13.3 Å². The maximum Gasteiger partial charge on any atom is 0.500 e. The van der Waals surface area contributed by atoms with Crippen molar-refractivity contribution in [2.75, 3.05) is 81.7 Å². The Morgan fingerprint density at radius 3 is 1.15 bits per heavy atom. The van der Waals surface area contributed by atoms with E-state index in [0.29, 0.717) is 0 Å². The van der Waals surface area contributed by atoms with Gasteiger partial charge in [-0.2, -0.15) is 0 Å². The number of hydrogen-bond donors (Lipinski definition) is 0. The molecular formula is C20H47N3O3Si. The molecule has 0 unspecified atom stereocenters. The Morgan fingerprint density at radius 2 is 0.926 bits per heavy atom. The van der Waals surface area contributed by atoms with Crippen LogP contribution in [0.15, 0.2) is 0 Å². The summed E-state index contributed by atoms with van der Waals surface area (Å²) >= 11 is 0. The van der Waals surface area contributed by atoms with Gasteiger partial charge in [0.2, 0.25) is 0 Å². The molecule has 0 atom stereocenters. The van der Waals surface area contributed by atoms with E-state index in [-0.39, 0.29) is 5.41 Å². The Bertz CT molecular complexity index is 326. The Kier molecular flexibility index (Phi) is 14.0. The van der Waals surface area contributed by atoms with Crippen molar-refractivity contribution in [3.63, 3.8) is 0 Å². The van der Waals surface area contributed by atoms with Gasteiger partial charge in [-0.1, -0.05) is 20.8 Å². The largest absolute Gasteiger partial charge is 0.500 e. The van der Waals surface area contributed by atoms with Crippen molar-refractivity contribution in [1.82, 2.24) is 14.7 Å².